The Morgan fingerprint density at radius 2 is 2.05 bits per heavy atom. The fourth-order valence-corrected chi connectivity index (χ4v) is 2.24. The number of halogens is 1. The predicted octanol–water partition coefficient (Wildman–Crippen LogP) is 0.848. The van der Waals surface area contributed by atoms with E-state index in [4.69, 9.17) is 14.6 Å². The van der Waals surface area contributed by atoms with E-state index in [0.717, 1.165) is 0 Å². The van der Waals surface area contributed by atoms with Gasteiger partial charge in [-0.2, -0.15) is 8.42 Å². The molecule has 1 aromatic rings. The van der Waals surface area contributed by atoms with Crippen LogP contribution in [0.25, 0.3) is 0 Å². The van der Waals surface area contributed by atoms with Gasteiger partial charge < -0.3 is 9.47 Å². The van der Waals surface area contributed by atoms with Crippen molar-refractivity contribution in [3.05, 3.63) is 35.6 Å². The number of hydrogen-bond donors (Lipinski definition) is 1. The van der Waals surface area contributed by atoms with E-state index in [1.165, 1.54) is 6.07 Å². The molecule has 3 unspecified atom stereocenters. The van der Waals surface area contributed by atoms with E-state index < -0.39 is 34.6 Å². The highest BCUT2D eigenvalue weighted by atomic mass is 32.2. The average molecular weight is 291 g/mol. The fourth-order valence-electron chi connectivity index (χ4n) is 1.91. The molecule has 3 atom stereocenters. The summed E-state index contributed by atoms with van der Waals surface area (Å²) >= 11 is 0. The molecule has 6 nitrogen and oxygen atoms in total. The average Bonchev–Trinajstić information content (AvgIpc) is 2.67. The number of rotatable bonds is 4. The van der Waals surface area contributed by atoms with E-state index in [9.17, 15) is 12.8 Å². The van der Waals surface area contributed by atoms with Crippen LogP contribution in [-0.4, -0.2) is 27.4 Å². The van der Waals surface area contributed by atoms with Crippen LogP contribution in [0.15, 0.2) is 24.3 Å². The van der Waals surface area contributed by atoms with Gasteiger partial charge in [0.15, 0.2) is 6.29 Å². The molecule has 1 aliphatic heterocycles. The minimum absolute atomic E-state index is 0.287. The second-order valence-corrected chi connectivity index (χ2v) is 5.32. The lowest BCUT2D eigenvalue weighted by Crippen LogP contribution is -2.27. The van der Waals surface area contributed by atoms with Gasteiger partial charge >= 0.3 is 10.3 Å². The monoisotopic (exact) mass is 291 g/mol. The van der Waals surface area contributed by atoms with Gasteiger partial charge in [0.2, 0.25) is 0 Å². The van der Waals surface area contributed by atoms with E-state index in [1.54, 1.807) is 25.1 Å². The van der Waals surface area contributed by atoms with Crippen LogP contribution in [0.3, 0.4) is 0 Å². The summed E-state index contributed by atoms with van der Waals surface area (Å²) in [6.45, 7) is 1.30. The largest absolute Gasteiger partial charge is 0.344 e. The van der Waals surface area contributed by atoms with Crippen molar-refractivity contribution in [1.82, 2.24) is 0 Å². The van der Waals surface area contributed by atoms with Crippen molar-refractivity contribution >= 4 is 10.3 Å². The maximum Gasteiger partial charge on any atom is 0.333 e. The molecule has 0 saturated carbocycles. The zero-order valence-corrected chi connectivity index (χ0v) is 11.0. The molecule has 1 saturated heterocycles. The Hall–Kier alpha value is -1.06. The first-order valence-electron chi connectivity index (χ1n) is 5.59. The van der Waals surface area contributed by atoms with Crippen LogP contribution >= 0.6 is 0 Å². The summed E-state index contributed by atoms with van der Waals surface area (Å²) in [5, 5.41) is 4.74. The molecule has 1 heterocycles. The van der Waals surface area contributed by atoms with Crippen molar-refractivity contribution in [3.63, 3.8) is 0 Å². The standard InChI is InChI=1S/C11H14FNO5S/c1-7-17-10(6-16-19(13,14)15)11(18-7)8-4-2-3-5-9(8)12/h2-5,7,10-11H,6H2,1H3,(H2,13,14,15). The van der Waals surface area contributed by atoms with Gasteiger partial charge in [-0.1, -0.05) is 18.2 Å². The fraction of sp³-hybridized carbons (Fsp3) is 0.455. The lowest BCUT2D eigenvalue weighted by Gasteiger charge is -2.16. The maximum absolute atomic E-state index is 13.7. The van der Waals surface area contributed by atoms with Gasteiger partial charge in [0.25, 0.3) is 0 Å². The molecule has 0 radical (unpaired) electrons. The first-order chi connectivity index (χ1) is 8.87. The van der Waals surface area contributed by atoms with E-state index in [-0.39, 0.29) is 12.2 Å². The third-order valence-electron chi connectivity index (χ3n) is 2.65. The number of nitrogens with two attached hydrogens (primary N) is 1. The smallest absolute Gasteiger partial charge is 0.333 e. The molecule has 1 aromatic carbocycles. The van der Waals surface area contributed by atoms with Gasteiger partial charge in [-0.25, -0.2) is 9.53 Å². The van der Waals surface area contributed by atoms with Crippen LogP contribution in [0.1, 0.15) is 18.6 Å². The Bertz CT molecular complexity index is 550. The summed E-state index contributed by atoms with van der Waals surface area (Å²) < 4.78 is 50.5. The molecule has 0 aliphatic carbocycles. The molecule has 1 aliphatic rings. The lowest BCUT2D eigenvalue weighted by atomic mass is 10.0. The molecule has 106 valence electrons. The van der Waals surface area contributed by atoms with Gasteiger partial charge in [-0.15, -0.1) is 0 Å². The quantitative estimate of drug-likeness (QED) is 0.888. The molecular formula is C11H14FNO5S. The summed E-state index contributed by atoms with van der Waals surface area (Å²) in [5.74, 6) is -0.453. The lowest BCUT2D eigenvalue weighted by molar-refractivity contribution is -0.0551. The highest BCUT2D eigenvalue weighted by molar-refractivity contribution is 7.84. The molecule has 2 N–H and O–H groups in total. The second kappa shape index (κ2) is 5.51. The second-order valence-electron chi connectivity index (χ2n) is 4.10. The topological polar surface area (TPSA) is 87.9 Å². The Labute approximate surface area is 110 Å². The van der Waals surface area contributed by atoms with Crippen LogP contribution < -0.4 is 5.14 Å². The van der Waals surface area contributed by atoms with E-state index in [1.807, 2.05) is 0 Å². The molecule has 8 heteroatoms. The molecule has 0 spiro atoms. The van der Waals surface area contributed by atoms with Crippen LogP contribution in [-0.2, 0) is 24.0 Å². The van der Waals surface area contributed by atoms with Gasteiger partial charge in [0.05, 0.1) is 6.61 Å². The van der Waals surface area contributed by atoms with E-state index >= 15 is 0 Å². The van der Waals surface area contributed by atoms with Crippen molar-refractivity contribution in [2.24, 2.45) is 5.14 Å². The first-order valence-corrected chi connectivity index (χ1v) is 7.06. The Morgan fingerprint density at radius 3 is 2.68 bits per heavy atom. The molecule has 0 amide bonds. The minimum atomic E-state index is -4.07. The zero-order chi connectivity index (χ0) is 14.0. The molecule has 1 fully saturated rings. The Kier molecular flexibility index (Phi) is 4.16. The summed E-state index contributed by atoms with van der Waals surface area (Å²) in [4.78, 5) is 0. The third kappa shape index (κ3) is 3.71. The van der Waals surface area contributed by atoms with Gasteiger partial charge in [-0.3, -0.25) is 4.18 Å². The Morgan fingerprint density at radius 1 is 1.37 bits per heavy atom. The van der Waals surface area contributed by atoms with Crippen LogP contribution in [0.2, 0.25) is 0 Å². The van der Waals surface area contributed by atoms with Crippen molar-refractivity contribution in [2.75, 3.05) is 6.61 Å². The van der Waals surface area contributed by atoms with E-state index in [0.29, 0.717) is 0 Å². The zero-order valence-electron chi connectivity index (χ0n) is 10.2. The molecule has 19 heavy (non-hydrogen) atoms. The summed E-state index contributed by atoms with van der Waals surface area (Å²) in [6.07, 6.45) is -2.07. The van der Waals surface area contributed by atoms with Crippen LogP contribution in [0.4, 0.5) is 4.39 Å². The first kappa shape index (κ1) is 14.4. The van der Waals surface area contributed by atoms with Crippen molar-refractivity contribution < 1.29 is 26.5 Å². The molecule has 2 rings (SSSR count). The van der Waals surface area contributed by atoms with Gasteiger partial charge in [0.1, 0.15) is 18.0 Å². The molecule has 0 aromatic heterocycles. The van der Waals surface area contributed by atoms with Crippen molar-refractivity contribution in [3.8, 4) is 0 Å². The third-order valence-corrected chi connectivity index (χ3v) is 3.12. The summed E-state index contributed by atoms with van der Waals surface area (Å²) in [5.41, 5.74) is 0.287. The minimum Gasteiger partial charge on any atom is -0.344 e. The van der Waals surface area contributed by atoms with Crippen LogP contribution in [0.5, 0.6) is 0 Å². The van der Waals surface area contributed by atoms with Crippen molar-refractivity contribution in [2.45, 2.75) is 25.4 Å². The van der Waals surface area contributed by atoms with E-state index in [2.05, 4.69) is 4.18 Å². The predicted molar refractivity (Wildman–Crippen MR) is 63.6 cm³/mol. The summed E-state index contributed by atoms with van der Waals surface area (Å²) in [6, 6.07) is 6.04. The maximum atomic E-state index is 13.7. The summed E-state index contributed by atoms with van der Waals surface area (Å²) in [7, 11) is -4.07. The van der Waals surface area contributed by atoms with Crippen molar-refractivity contribution in [1.29, 1.82) is 0 Å². The van der Waals surface area contributed by atoms with Gasteiger partial charge in [-0.05, 0) is 13.0 Å². The Balaban J connectivity index is 2.16. The molecular weight excluding hydrogens is 277 g/mol. The number of hydrogen-bond acceptors (Lipinski definition) is 5. The van der Waals surface area contributed by atoms with Gasteiger partial charge in [0, 0.05) is 5.56 Å². The highest BCUT2D eigenvalue weighted by Crippen LogP contribution is 2.33. The normalized spacial score (nSPS) is 27.6. The van der Waals surface area contributed by atoms with Crippen LogP contribution in [0, 0.1) is 5.82 Å². The highest BCUT2D eigenvalue weighted by Gasteiger charge is 2.37. The molecule has 0 bridgehead atoms. The number of ether oxygens (including phenoxy) is 2. The number of benzene rings is 1. The SMILES string of the molecule is CC1OC(COS(N)(=O)=O)C(c2ccccc2F)O1.